The van der Waals surface area contributed by atoms with Gasteiger partial charge in [-0.05, 0) is 35.4 Å². The van der Waals surface area contributed by atoms with Crippen LogP contribution in [0.2, 0.25) is 0 Å². The van der Waals surface area contributed by atoms with Gasteiger partial charge in [0.05, 0.1) is 0 Å². The summed E-state index contributed by atoms with van der Waals surface area (Å²) in [4.78, 5) is 2.45. The first-order valence-corrected chi connectivity index (χ1v) is 7.91. The van der Waals surface area contributed by atoms with Crippen molar-refractivity contribution in [2.45, 2.75) is 31.8 Å². The predicted octanol–water partition coefficient (Wildman–Crippen LogP) is 3.52. The van der Waals surface area contributed by atoms with E-state index in [1.54, 1.807) is 5.56 Å². The van der Waals surface area contributed by atoms with E-state index in [4.69, 9.17) is 5.73 Å². The van der Waals surface area contributed by atoms with E-state index in [0.29, 0.717) is 6.54 Å². The van der Waals surface area contributed by atoms with E-state index < -0.39 is 0 Å². The van der Waals surface area contributed by atoms with Gasteiger partial charge < -0.3 is 5.73 Å². The van der Waals surface area contributed by atoms with Crippen LogP contribution in [0.25, 0.3) is 0 Å². The van der Waals surface area contributed by atoms with Gasteiger partial charge in [0.25, 0.3) is 0 Å². The van der Waals surface area contributed by atoms with Gasteiger partial charge in [0.2, 0.25) is 0 Å². The molecule has 0 bridgehead atoms. The molecule has 110 valence electrons. The normalized spacial score (nSPS) is 14.6. The first-order chi connectivity index (χ1) is 10.4. The lowest BCUT2D eigenvalue weighted by atomic mass is 10.0. The van der Waals surface area contributed by atoms with E-state index >= 15 is 0 Å². The third kappa shape index (κ3) is 3.93. The average molecular weight is 280 g/mol. The second-order valence-electron chi connectivity index (χ2n) is 5.96. The maximum atomic E-state index is 5.81. The summed E-state index contributed by atoms with van der Waals surface area (Å²) < 4.78 is 0. The van der Waals surface area contributed by atoms with Gasteiger partial charge in [-0.1, -0.05) is 54.6 Å². The SMILES string of the molecule is NCCN(Cc1ccccc1)Cc1ccccc1C1CC1. The largest absolute Gasteiger partial charge is 0.329 e. The third-order valence-electron chi connectivity index (χ3n) is 4.16. The van der Waals surface area contributed by atoms with Gasteiger partial charge in [0.1, 0.15) is 0 Å². The van der Waals surface area contributed by atoms with Crippen LogP contribution in [0.15, 0.2) is 54.6 Å². The van der Waals surface area contributed by atoms with E-state index in [1.165, 1.54) is 24.0 Å². The minimum atomic E-state index is 0.707. The minimum absolute atomic E-state index is 0.707. The standard InChI is InChI=1S/C19H24N2/c20-12-13-21(14-16-6-2-1-3-7-16)15-18-8-4-5-9-19(18)17-10-11-17/h1-9,17H,10-15,20H2. The Morgan fingerprint density at radius 1 is 0.905 bits per heavy atom. The molecule has 2 N–H and O–H groups in total. The van der Waals surface area contributed by atoms with E-state index in [2.05, 4.69) is 59.5 Å². The van der Waals surface area contributed by atoms with Gasteiger partial charge in [-0.15, -0.1) is 0 Å². The topological polar surface area (TPSA) is 29.3 Å². The van der Waals surface area contributed by atoms with Crippen LogP contribution in [0, 0.1) is 0 Å². The maximum Gasteiger partial charge on any atom is 0.0240 e. The lowest BCUT2D eigenvalue weighted by Crippen LogP contribution is -2.29. The highest BCUT2D eigenvalue weighted by molar-refractivity contribution is 5.33. The quantitative estimate of drug-likeness (QED) is 0.840. The fourth-order valence-electron chi connectivity index (χ4n) is 2.95. The van der Waals surface area contributed by atoms with Crippen molar-refractivity contribution in [3.63, 3.8) is 0 Å². The van der Waals surface area contributed by atoms with Crippen LogP contribution < -0.4 is 5.73 Å². The highest BCUT2D eigenvalue weighted by atomic mass is 15.1. The molecule has 21 heavy (non-hydrogen) atoms. The molecule has 1 fully saturated rings. The summed E-state index contributed by atoms with van der Waals surface area (Å²) in [5.41, 5.74) is 10.2. The lowest BCUT2D eigenvalue weighted by Gasteiger charge is -2.23. The van der Waals surface area contributed by atoms with Gasteiger partial charge in [-0.3, -0.25) is 4.90 Å². The molecule has 0 spiro atoms. The van der Waals surface area contributed by atoms with Crippen LogP contribution in [0.3, 0.4) is 0 Å². The Morgan fingerprint density at radius 3 is 2.33 bits per heavy atom. The highest BCUT2D eigenvalue weighted by Crippen LogP contribution is 2.41. The van der Waals surface area contributed by atoms with Crippen LogP contribution in [0.1, 0.15) is 35.4 Å². The van der Waals surface area contributed by atoms with E-state index in [0.717, 1.165) is 25.6 Å². The van der Waals surface area contributed by atoms with Crippen LogP contribution in [0.5, 0.6) is 0 Å². The second-order valence-corrected chi connectivity index (χ2v) is 5.96. The molecule has 1 aliphatic rings. The first kappa shape index (κ1) is 14.3. The van der Waals surface area contributed by atoms with Crippen molar-refractivity contribution < 1.29 is 0 Å². The molecule has 0 radical (unpaired) electrons. The Hall–Kier alpha value is -1.64. The van der Waals surface area contributed by atoms with Gasteiger partial charge >= 0.3 is 0 Å². The Labute approximate surface area is 127 Å². The van der Waals surface area contributed by atoms with Crippen LogP contribution in [-0.2, 0) is 13.1 Å². The summed E-state index contributed by atoms with van der Waals surface area (Å²) in [5, 5.41) is 0. The average Bonchev–Trinajstić information content (AvgIpc) is 3.34. The number of benzene rings is 2. The van der Waals surface area contributed by atoms with Crippen molar-refractivity contribution in [2.24, 2.45) is 5.73 Å². The lowest BCUT2D eigenvalue weighted by molar-refractivity contribution is 0.263. The second kappa shape index (κ2) is 6.88. The van der Waals surface area contributed by atoms with Crippen molar-refractivity contribution in [1.29, 1.82) is 0 Å². The molecule has 0 amide bonds. The number of nitrogens with zero attached hydrogens (tertiary/aromatic N) is 1. The summed E-state index contributed by atoms with van der Waals surface area (Å²) >= 11 is 0. The van der Waals surface area contributed by atoms with Crippen molar-refractivity contribution in [3.05, 3.63) is 71.3 Å². The molecule has 0 aliphatic heterocycles. The summed E-state index contributed by atoms with van der Waals surface area (Å²) in [5.74, 6) is 0.803. The molecule has 2 heteroatoms. The Balaban J connectivity index is 1.73. The summed E-state index contributed by atoms with van der Waals surface area (Å²) in [6, 6.07) is 19.6. The fraction of sp³-hybridized carbons (Fsp3) is 0.368. The van der Waals surface area contributed by atoms with Crippen molar-refractivity contribution in [1.82, 2.24) is 4.90 Å². The Morgan fingerprint density at radius 2 is 1.62 bits per heavy atom. The van der Waals surface area contributed by atoms with Gasteiger partial charge in [0.15, 0.2) is 0 Å². The van der Waals surface area contributed by atoms with Crippen molar-refractivity contribution in [3.8, 4) is 0 Å². The van der Waals surface area contributed by atoms with E-state index in [-0.39, 0.29) is 0 Å². The predicted molar refractivity (Wildman–Crippen MR) is 88.0 cm³/mol. The number of rotatable bonds is 7. The number of nitrogens with two attached hydrogens (primary N) is 1. The fourth-order valence-corrected chi connectivity index (χ4v) is 2.95. The molecule has 2 nitrogen and oxygen atoms in total. The zero-order chi connectivity index (χ0) is 14.5. The molecular weight excluding hydrogens is 256 g/mol. The van der Waals surface area contributed by atoms with Crippen LogP contribution in [0.4, 0.5) is 0 Å². The summed E-state index contributed by atoms with van der Waals surface area (Å²) in [7, 11) is 0. The maximum absolute atomic E-state index is 5.81. The molecule has 1 saturated carbocycles. The zero-order valence-electron chi connectivity index (χ0n) is 12.5. The number of hydrogen-bond donors (Lipinski definition) is 1. The van der Waals surface area contributed by atoms with Crippen LogP contribution >= 0.6 is 0 Å². The van der Waals surface area contributed by atoms with Gasteiger partial charge in [0, 0.05) is 26.2 Å². The first-order valence-electron chi connectivity index (χ1n) is 7.91. The third-order valence-corrected chi connectivity index (χ3v) is 4.16. The summed E-state index contributed by atoms with van der Waals surface area (Å²) in [6.45, 7) is 3.61. The molecule has 0 heterocycles. The molecule has 0 aromatic heterocycles. The van der Waals surface area contributed by atoms with Crippen molar-refractivity contribution in [2.75, 3.05) is 13.1 Å². The molecular formula is C19H24N2. The Kier molecular flexibility index (Phi) is 4.69. The van der Waals surface area contributed by atoms with Crippen molar-refractivity contribution >= 4 is 0 Å². The minimum Gasteiger partial charge on any atom is -0.329 e. The molecule has 0 saturated heterocycles. The molecule has 0 atom stereocenters. The molecule has 3 rings (SSSR count). The molecule has 1 aliphatic carbocycles. The van der Waals surface area contributed by atoms with Gasteiger partial charge in [-0.25, -0.2) is 0 Å². The highest BCUT2D eigenvalue weighted by Gasteiger charge is 2.25. The number of hydrogen-bond acceptors (Lipinski definition) is 2. The zero-order valence-corrected chi connectivity index (χ0v) is 12.5. The smallest absolute Gasteiger partial charge is 0.0240 e. The molecule has 2 aromatic carbocycles. The Bertz CT molecular complexity index is 561. The van der Waals surface area contributed by atoms with Gasteiger partial charge in [-0.2, -0.15) is 0 Å². The van der Waals surface area contributed by atoms with E-state index in [1.807, 2.05) is 0 Å². The monoisotopic (exact) mass is 280 g/mol. The molecule has 0 unspecified atom stereocenters. The summed E-state index contributed by atoms with van der Waals surface area (Å²) in [6.07, 6.45) is 2.71. The van der Waals surface area contributed by atoms with E-state index in [9.17, 15) is 0 Å². The molecule has 2 aromatic rings. The van der Waals surface area contributed by atoms with Crippen LogP contribution in [-0.4, -0.2) is 18.0 Å².